The fraction of sp³-hybridized carbons (Fsp3) is 0.846. The van der Waals surface area contributed by atoms with E-state index in [1.54, 1.807) is 11.8 Å². The van der Waals surface area contributed by atoms with Gasteiger partial charge in [0.05, 0.1) is 0 Å². The Morgan fingerprint density at radius 2 is 2.28 bits per heavy atom. The van der Waals surface area contributed by atoms with E-state index >= 15 is 0 Å². The maximum atomic E-state index is 12.1. The molecule has 2 heterocycles. The summed E-state index contributed by atoms with van der Waals surface area (Å²) >= 11 is 0. The summed E-state index contributed by atoms with van der Waals surface area (Å²) in [6.45, 7) is 3.75. The van der Waals surface area contributed by atoms with Crippen LogP contribution < -0.4 is 0 Å². The van der Waals surface area contributed by atoms with Crippen molar-refractivity contribution in [2.45, 2.75) is 44.6 Å². The van der Waals surface area contributed by atoms with E-state index in [1.807, 2.05) is 0 Å². The highest BCUT2D eigenvalue weighted by Gasteiger charge is 2.45. The maximum absolute atomic E-state index is 12.1. The molecule has 5 nitrogen and oxygen atoms in total. The lowest BCUT2D eigenvalue weighted by molar-refractivity contribution is -0.155. The van der Waals surface area contributed by atoms with Gasteiger partial charge >= 0.3 is 5.97 Å². The molecule has 0 aromatic heterocycles. The Labute approximate surface area is 107 Å². The van der Waals surface area contributed by atoms with Gasteiger partial charge in [0.15, 0.2) is 0 Å². The van der Waals surface area contributed by atoms with E-state index in [0.717, 1.165) is 32.5 Å². The van der Waals surface area contributed by atoms with Crippen molar-refractivity contribution < 1.29 is 19.4 Å². The molecule has 0 bridgehead atoms. The number of rotatable bonds is 4. The molecule has 0 aliphatic carbocycles. The first-order chi connectivity index (χ1) is 8.54. The number of hydrogen-bond donors (Lipinski definition) is 1. The average molecular weight is 255 g/mol. The molecule has 2 fully saturated rings. The molecule has 1 amide bonds. The Bertz CT molecular complexity index is 338. The molecule has 5 heteroatoms. The van der Waals surface area contributed by atoms with Crippen LogP contribution in [0.2, 0.25) is 0 Å². The molecule has 0 radical (unpaired) electrons. The molecule has 1 N–H and O–H groups in total. The zero-order valence-corrected chi connectivity index (χ0v) is 10.9. The lowest BCUT2D eigenvalue weighted by Gasteiger charge is -2.31. The van der Waals surface area contributed by atoms with E-state index in [0.29, 0.717) is 25.3 Å². The van der Waals surface area contributed by atoms with Crippen LogP contribution in [0.3, 0.4) is 0 Å². The van der Waals surface area contributed by atoms with Gasteiger partial charge in [-0.3, -0.25) is 4.79 Å². The van der Waals surface area contributed by atoms with Crippen molar-refractivity contribution in [2.75, 3.05) is 19.8 Å². The molecular formula is C13H21NO4. The van der Waals surface area contributed by atoms with Crippen LogP contribution in [0.1, 0.15) is 39.0 Å². The Morgan fingerprint density at radius 3 is 2.89 bits per heavy atom. The second kappa shape index (κ2) is 5.26. The smallest absolute Gasteiger partial charge is 0.329 e. The Kier molecular flexibility index (Phi) is 3.90. The predicted octanol–water partition coefficient (Wildman–Crippen LogP) is 1.27. The molecule has 18 heavy (non-hydrogen) atoms. The van der Waals surface area contributed by atoms with Crippen molar-refractivity contribution in [1.82, 2.24) is 4.90 Å². The van der Waals surface area contributed by atoms with Crippen molar-refractivity contribution in [1.29, 1.82) is 0 Å². The number of aliphatic carboxylic acids is 1. The van der Waals surface area contributed by atoms with Crippen LogP contribution in [0.5, 0.6) is 0 Å². The molecule has 2 aliphatic rings. The number of hydrogen-bond acceptors (Lipinski definition) is 3. The van der Waals surface area contributed by atoms with Crippen molar-refractivity contribution in [2.24, 2.45) is 5.92 Å². The summed E-state index contributed by atoms with van der Waals surface area (Å²) in [5, 5.41) is 9.26. The molecule has 2 saturated heterocycles. The molecule has 102 valence electrons. The Morgan fingerprint density at radius 1 is 1.50 bits per heavy atom. The zero-order chi connectivity index (χ0) is 13.2. The number of carboxylic acids is 1. The van der Waals surface area contributed by atoms with Gasteiger partial charge < -0.3 is 14.7 Å². The average Bonchev–Trinajstić information content (AvgIpc) is 2.95. The molecular weight excluding hydrogens is 234 g/mol. The number of likely N-dealkylation sites (tertiary alicyclic amines) is 1. The summed E-state index contributed by atoms with van der Waals surface area (Å²) in [6, 6.07) is 0. The molecule has 0 aromatic rings. The summed E-state index contributed by atoms with van der Waals surface area (Å²) in [7, 11) is 0. The molecule has 2 rings (SSSR count). The highest BCUT2D eigenvalue weighted by Crippen LogP contribution is 2.30. The Hall–Kier alpha value is -1.10. The number of ether oxygens (including phenoxy) is 1. The molecule has 0 saturated carbocycles. The van der Waals surface area contributed by atoms with Crippen LogP contribution in [-0.4, -0.2) is 47.2 Å². The lowest BCUT2D eigenvalue weighted by Crippen LogP contribution is -2.50. The third-order valence-electron chi connectivity index (χ3n) is 4.19. The minimum absolute atomic E-state index is 0.0238. The molecule has 0 unspecified atom stereocenters. The standard InChI is InChI=1S/C13H21NO4/c1-13(12(16)17)6-2-7-14(13)11(15)4-3-10-5-8-18-9-10/h10H,2-9H2,1H3,(H,16,17)/t10-,13+/m0/s1. The van der Waals surface area contributed by atoms with Crippen LogP contribution in [0.15, 0.2) is 0 Å². The van der Waals surface area contributed by atoms with Gasteiger partial charge in [0.25, 0.3) is 0 Å². The van der Waals surface area contributed by atoms with Gasteiger partial charge in [-0.15, -0.1) is 0 Å². The van der Waals surface area contributed by atoms with Crippen LogP contribution in [0, 0.1) is 5.92 Å². The zero-order valence-electron chi connectivity index (χ0n) is 10.9. The number of carbonyl (C=O) groups is 2. The summed E-state index contributed by atoms with van der Waals surface area (Å²) < 4.78 is 5.28. The highest BCUT2D eigenvalue weighted by molar-refractivity contribution is 5.87. The van der Waals surface area contributed by atoms with Crippen molar-refractivity contribution >= 4 is 11.9 Å². The third-order valence-corrected chi connectivity index (χ3v) is 4.19. The van der Waals surface area contributed by atoms with Crippen LogP contribution >= 0.6 is 0 Å². The van der Waals surface area contributed by atoms with Crippen LogP contribution in [0.25, 0.3) is 0 Å². The molecule has 0 spiro atoms. The molecule has 2 atom stereocenters. The largest absolute Gasteiger partial charge is 0.480 e. The van der Waals surface area contributed by atoms with Crippen molar-refractivity contribution in [3.8, 4) is 0 Å². The summed E-state index contributed by atoms with van der Waals surface area (Å²) in [4.78, 5) is 25.0. The van der Waals surface area contributed by atoms with Gasteiger partial charge in [0.1, 0.15) is 5.54 Å². The van der Waals surface area contributed by atoms with Gasteiger partial charge in [0, 0.05) is 26.2 Å². The first kappa shape index (κ1) is 13.3. The lowest BCUT2D eigenvalue weighted by atomic mass is 9.97. The molecule has 0 aromatic carbocycles. The van der Waals surface area contributed by atoms with Crippen LogP contribution in [-0.2, 0) is 14.3 Å². The van der Waals surface area contributed by atoms with Crippen molar-refractivity contribution in [3.05, 3.63) is 0 Å². The number of carboxylic acid groups (broad SMARTS) is 1. The predicted molar refractivity (Wildman–Crippen MR) is 65.1 cm³/mol. The van der Waals surface area contributed by atoms with E-state index < -0.39 is 11.5 Å². The second-order valence-corrected chi connectivity index (χ2v) is 5.50. The summed E-state index contributed by atoms with van der Waals surface area (Å²) in [5.74, 6) is -0.450. The number of carbonyl (C=O) groups excluding carboxylic acids is 1. The maximum Gasteiger partial charge on any atom is 0.329 e. The highest BCUT2D eigenvalue weighted by atomic mass is 16.5. The minimum Gasteiger partial charge on any atom is -0.480 e. The van der Waals surface area contributed by atoms with Gasteiger partial charge in [0.2, 0.25) is 5.91 Å². The minimum atomic E-state index is -0.997. The monoisotopic (exact) mass is 255 g/mol. The van der Waals surface area contributed by atoms with E-state index in [-0.39, 0.29) is 5.91 Å². The normalized spacial score (nSPS) is 31.8. The second-order valence-electron chi connectivity index (χ2n) is 5.50. The van der Waals surface area contributed by atoms with E-state index in [9.17, 15) is 14.7 Å². The van der Waals surface area contributed by atoms with Gasteiger partial charge in [-0.05, 0) is 38.5 Å². The van der Waals surface area contributed by atoms with Crippen LogP contribution in [0.4, 0.5) is 0 Å². The fourth-order valence-electron chi connectivity index (χ4n) is 2.86. The number of nitrogens with zero attached hydrogens (tertiary/aromatic N) is 1. The fourth-order valence-corrected chi connectivity index (χ4v) is 2.86. The number of amides is 1. The molecule has 2 aliphatic heterocycles. The SMILES string of the molecule is C[C@]1(C(=O)O)CCCN1C(=O)CC[C@H]1CCOC1. The third kappa shape index (κ3) is 2.51. The topological polar surface area (TPSA) is 66.8 Å². The van der Waals surface area contributed by atoms with Gasteiger partial charge in [-0.25, -0.2) is 4.79 Å². The van der Waals surface area contributed by atoms with Crippen molar-refractivity contribution in [3.63, 3.8) is 0 Å². The van der Waals surface area contributed by atoms with E-state index in [4.69, 9.17) is 4.74 Å². The van der Waals surface area contributed by atoms with Gasteiger partial charge in [-0.1, -0.05) is 0 Å². The van der Waals surface area contributed by atoms with E-state index in [2.05, 4.69) is 0 Å². The first-order valence-corrected chi connectivity index (χ1v) is 6.65. The van der Waals surface area contributed by atoms with Gasteiger partial charge in [-0.2, -0.15) is 0 Å². The quantitative estimate of drug-likeness (QED) is 0.821. The summed E-state index contributed by atoms with van der Waals surface area (Å²) in [6.07, 6.45) is 3.60. The first-order valence-electron chi connectivity index (χ1n) is 6.65. The summed E-state index contributed by atoms with van der Waals surface area (Å²) in [5.41, 5.74) is -0.997. The Balaban J connectivity index is 1.89. The van der Waals surface area contributed by atoms with E-state index in [1.165, 1.54) is 0 Å².